The van der Waals surface area contributed by atoms with Crippen LogP contribution in [0.4, 0.5) is 0 Å². The van der Waals surface area contributed by atoms with Crippen LogP contribution in [0.2, 0.25) is 0 Å². The fraction of sp³-hybridized carbons (Fsp3) is 0.571. The van der Waals surface area contributed by atoms with Crippen molar-refractivity contribution >= 4 is 5.97 Å². The van der Waals surface area contributed by atoms with Crippen molar-refractivity contribution in [2.45, 2.75) is 39.3 Å². The summed E-state index contributed by atoms with van der Waals surface area (Å²) in [6.45, 7) is 4.78. The average molecular weight is 266 g/mol. The molecule has 1 unspecified atom stereocenters. The van der Waals surface area contributed by atoms with Crippen LogP contribution in [0.3, 0.4) is 0 Å². The Hall–Kier alpha value is -1.62. The molecule has 0 amide bonds. The van der Waals surface area contributed by atoms with E-state index in [0.717, 1.165) is 18.4 Å². The maximum Gasteiger partial charge on any atom is 0.323 e. The Kier molecular flexibility index (Phi) is 6.89. The van der Waals surface area contributed by atoms with Crippen LogP contribution in [-0.4, -0.2) is 30.7 Å². The molecule has 1 heterocycles. The van der Waals surface area contributed by atoms with E-state index in [1.54, 1.807) is 13.3 Å². The van der Waals surface area contributed by atoms with E-state index >= 15 is 0 Å². The van der Waals surface area contributed by atoms with Gasteiger partial charge < -0.3 is 14.8 Å². The smallest absolute Gasteiger partial charge is 0.323 e. The van der Waals surface area contributed by atoms with E-state index in [0.29, 0.717) is 19.0 Å². The molecule has 0 saturated heterocycles. The molecule has 1 aromatic rings. The minimum Gasteiger partial charge on any atom is -0.481 e. The Morgan fingerprint density at radius 3 is 2.89 bits per heavy atom. The largest absolute Gasteiger partial charge is 0.481 e. The normalized spacial score (nSPS) is 11.9. The number of nitrogens with one attached hydrogen (secondary N) is 1. The SMILES string of the molecule is CCCC(NCc1cccnc1OC)C(=O)OCC. The Bertz CT molecular complexity index is 396. The maximum atomic E-state index is 11.8. The number of carbonyl (C=O) groups excluding carboxylic acids is 1. The van der Waals surface area contributed by atoms with Crippen LogP contribution in [0.1, 0.15) is 32.3 Å². The number of aromatic nitrogens is 1. The number of esters is 1. The number of rotatable bonds is 8. The lowest BCUT2D eigenvalue weighted by Crippen LogP contribution is -2.37. The molecule has 0 aliphatic heterocycles. The van der Waals surface area contributed by atoms with Gasteiger partial charge in [-0.1, -0.05) is 19.4 Å². The third-order valence-corrected chi connectivity index (χ3v) is 2.73. The van der Waals surface area contributed by atoms with Gasteiger partial charge in [0.05, 0.1) is 13.7 Å². The molecule has 106 valence electrons. The van der Waals surface area contributed by atoms with Gasteiger partial charge in [-0.3, -0.25) is 4.79 Å². The van der Waals surface area contributed by atoms with Crippen molar-refractivity contribution in [3.63, 3.8) is 0 Å². The highest BCUT2D eigenvalue weighted by atomic mass is 16.5. The zero-order chi connectivity index (χ0) is 14.1. The number of carbonyl (C=O) groups is 1. The van der Waals surface area contributed by atoms with Gasteiger partial charge in [-0.15, -0.1) is 0 Å². The molecular formula is C14H22N2O3. The van der Waals surface area contributed by atoms with Gasteiger partial charge >= 0.3 is 5.97 Å². The predicted molar refractivity (Wildman–Crippen MR) is 73.0 cm³/mol. The second kappa shape index (κ2) is 8.48. The van der Waals surface area contributed by atoms with Gasteiger partial charge in [-0.25, -0.2) is 4.98 Å². The molecule has 1 rings (SSSR count). The van der Waals surface area contributed by atoms with Gasteiger partial charge in [0.2, 0.25) is 5.88 Å². The van der Waals surface area contributed by atoms with Crippen molar-refractivity contribution in [2.75, 3.05) is 13.7 Å². The monoisotopic (exact) mass is 266 g/mol. The Labute approximate surface area is 114 Å². The number of hydrogen-bond donors (Lipinski definition) is 1. The van der Waals surface area contributed by atoms with Gasteiger partial charge in [0, 0.05) is 18.3 Å². The number of nitrogens with zero attached hydrogens (tertiary/aromatic N) is 1. The summed E-state index contributed by atoms with van der Waals surface area (Å²) in [5.41, 5.74) is 0.926. The van der Waals surface area contributed by atoms with Gasteiger partial charge in [-0.2, -0.15) is 0 Å². The minimum atomic E-state index is -0.283. The summed E-state index contributed by atoms with van der Waals surface area (Å²) in [5, 5.41) is 3.20. The molecule has 0 aromatic carbocycles. The van der Waals surface area contributed by atoms with E-state index in [1.807, 2.05) is 26.0 Å². The van der Waals surface area contributed by atoms with Crippen LogP contribution < -0.4 is 10.1 Å². The third-order valence-electron chi connectivity index (χ3n) is 2.73. The van der Waals surface area contributed by atoms with Crippen molar-refractivity contribution in [3.8, 4) is 5.88 Å². The van der Waals surface area contributed by atoms with Crippen LogP contribution >= 0.6 is 0 Å². The molecule has 0 spiro atoms. The van der Waals surface area contributed by atoms with Gasteiger partial charge in [0.1, 0.15) is 6.04 Å². The second-order valence-corrected chi connectivity index (χ2v) is 4.15. The standard InChI is InChI=1S/C14H22N2O3/c1-4-7-12(14(17)19-5-2)16-10-11-8-6-9-15-13(11)18-3/h6,8-9,12,16H,4-5,7,10H2,1-3H3. The van der Waals surface area contributed by atoms with Crippen LogP contribution in [-0.2, 0) is 16.1 Å². The average Bonchev–Trinajstić information content (AvgIpc) is 2.44. The number of ether oxygens (including phenoxy) is 2. The highest BCUT2D eigenvalue weighted by Crippen LogP contribution is 2.13. The molecule has 0 aliphatic rings. The van der Waals surface area contributed by atoms with Crippen molar-refractivity contribution in [2.24, 2.45) is 0 Å². The molecule has 0 bridgehead atoms. The first kappa shape index (κ1) is 15.4. The summed E-state index contributed by atoms with van der Waals surface area (Å²) in [7, 11) is 1.58. The lowest BCUT2D eigenvalue weighted by Gasteiger charge is -2.17. The summed E-state index contributed by atoms with van der Waals surface area (Å²) in [5.74, 6) is 0.376. The second-order valence-electron chi connectivity index (χ2n) is 4.15. The molecular weight excluding hydrogens is 244 g/mol. The zero-order valence-electron chi connectivity index (χ0n) is 11.8. The molecule has 19 heavy (non-hydrogen) atoms. The summed E-state index contributed by atoms with van der Waals surface area (Å²) in [6, 6.07) is 3.49. The zero-order valence-corrected chi connectivity index (χ0v) is 11.8. The fourth-order valence-corrected chi connectivity index (χ4v) is 1.81. The van der Waals surface area contributed by atoms with Gasteiger partial charge in [0.15, 0.2) is 0 Å². The quantitative estimate of drug-likeness (QED) is 0.728. The molecule has 0 aliphatic carbocycles. The van der Waals surface area contributed by atoms with E-state index in [1.165, 1.54) is 0 Å². The van der Waals surface area contributed by atoms with Crippen molar-refractivity contribution in [3.05, 3.63) is 23.9 Å². The summed E-state index contributed by atoms with van der Waals surface area (Å²) < 4.78 is 10.2. The molecule has 5 nitrogen and oxygen atoms in total. The van der Waals surface area contributed by atoms with E-state index in [-0.39, 0.29) is 12.0 Å². The van der Waals surface area contributed by atoms with E-state index in [2.05, 4.69) is 10.3 Å². The highest BCUT2D eigenvalue weighted by molar-refractivity contribution is 5.75. The van der Waals surface area contributed by atoms with Crippen molar-refractivity contribution in [1.82, 2.24) is 10.3 Å². The molecule has 0 saturated carbocycles. The number of hydrogen-bond acceptors (Lipinski definition) is 5. The van der Waals surface area contributed by atoms with Crippen molar-refractivity contribution < 1.29 is 14.3 Å². The molecule has 0 fully saturated rings. The minimum absolute atomic E-state index is 0.202. The van der Waals surface area contributed by atoms with E-state index < -0.39 is 0 Å². The highest BCUT2D eigenvalue weighted by Gasteiger charge is 2.18. The van der Waals surface area contributed by atoms with Crippen LogP contribution in [0.15, 0.2) is 18.3 Å². The number of pyridine rings is 1. The number of methoxy groups -OCH3 is 1. The Morgan fingerprint density at radius 1 is 1.47 bits per heavy atom. The van der Waals surface area contributed by atoms with E-state index in [9.17, 15) is 4.79 Å². The summed E-state index contributed by atoms with van der Waals surface area (Å²) in [4.78, 5) is 15.9. The van der Waals surface area contributed by atoms with E-state index in [4.69, 9.17) is 9.47 Å². The first-order valence-corrected chi connectivity index (χ1v) is 6.60. The maximum absolute atomic E-state index is 11.8. The van der Waals surface area contributed by atoms with Crippen molar-refractivity contribution in [1.29, 1.82) is 0 Å². The van der Waals surface area contributed by atoms with Gasteiger partial charge in [-0.05, 0) is 19.4 Å². The third kappa shape index (κ3) is 4.87. The van der Waals surface area contributed by atoms with Gasteiger partial charge in [0.25, 0.3) is 0 Å². The molecule has 1 aromatic heterocycles. The fourth-order valence-electron chi connectivity index (χ4n) is 1.81. The van der Waals surface area contributed by atoms with Crippen LogP contribution in [0.25, 0.3) is 0 Å². The Morgan fingerprint density at radius 2 is 2.26 bits per heavy atom. The lowest BCUT2D eigenvalue weighted by atomic mass is 10.1. The first-order valence-electron chi connectivity index (χ1n) is 6.60. The molecule has 5 heteroatoms. The Balaban J connectivity index is 2.62. The summed E-state index contributed by atoms with van der Waals surface area (Å²) in [6.07, 6.45) is 3.35. The predicted octanol–water partition coefficient (Wildman–Crippen LogP) is 1.91. The topological polar surface area (TPSA) is 60.5 Å². The molecule has 0 radical (unpaired) electrons. The first-order chi connectivity index (χ1) is 9.22. The van der Waals surface area contributed by atoms with Crippen LogP contribution in [0, 0.1) is 0 Å². The lowest BCUT2D eigenvalue weighted by molar-refractivity contribution is -0.145. The summed E-state index contributed by atoms with van der Waals surface area (Å²) >= 11 is 0. The van der Waals surface area contributed by atoms with Crippen LogP contribution in [0.5, 0.6) is 5.88 Å². The molecule has 1 atom stereocenters. The molecule has 1 N–H and O–H groups in total.